The molecule has 6 nitrogen and oxygen atoms in total. The molecule has 0 spiro atoms. The van der Waals surface area contributed by atoms with Gasteiger partial charge in [-0.05, 0) is 17.7 Å². The summed E-state index contributed by atoms with van der Waals surface area (Å²) in [6, 6.07) is 18.5. The van der Waals surface area contributed by atoms with Crippen molar-refractivity contribution < 1.29 is 19.1 Å². The normalized spacial score (nSPS) is 16.6. The maximum Gasteiger partial charge on any atom is 0.409 e. The molecule has 0 saturated carbocycles. The molecule has 27 heavy (non-hydrogen) atoms. The van der Waals surface area contributed by atoms with Crippen LogP contribution in [0.5, 0.6) is 0 Å². The van der Waals surface area contributed by atoms with Crippen molar-refractivity contribution in [3.8, 4) is 0 Å². The third-order valence-electron chi connectivity index (χ3n) is 4.51. The average Bonchev–Trinajstić information content (AvgIpc) is 2.73. The number of amides is 2. The first kappa shape index (κ1) is 18.9. The van der Waals surface area contributed by atoms with Crippen LogP contribution in [0.2, 0.25) is 0 Å². The SMILES string of the molecule is CN(CC1COCCN1C(=O)c1ccccc1)C(=O)OCc1ccccc1. The van der Waals surface area contributed by atoms with Crippen molar-refractivity contribution in [2.24, 2.45) is 0 Å². The minimum absolute atomic E-state index is 0.0463. The molecule has 1 aliphatic heterocycles. The Morgan fingerprint density at radius 3 is 2.48 bits per heavy atom. The fourth-order valence-corrected chi connectivity index (χ4v) is 3.04. The topological polar surface area (TPSA) is 59.1 Å². The van der Waals surface area contributed by atoms with Crippen LogP contribution < -0.4 is 0 Å². The number of benzene rings is 2. The molecule has 1 heterocycles. The van der Waals surface area contributed by atoms with E-state index in [1.165, 1.54) is 4.90 Å². The van der Waals surface area contributed by atoms with E-state index >= 15 is 0 Å². The maximum atomic E-state index is 12.8. The molecule has 142 valence electrons. The summed E-state index contributed by atoms with van der Waals surface area (Å²) in [5.74, 6) is -0.0463. The Balaban J connectivity index is 1.58. The molecule has 0 aliphatic carbocycles. The third-order valence-corrected chi connectivity index (χ3v) is 4.51. The molecule has 2 aromatic carbocycles. The van der Waals surface area contributed by atoms with Gasteiger partial charge in [0.2, 0.25) is 0 Å². The van der Waals surface area contributed by atoms with Gasteiger partial charge in [0.25, 0.3) is 5.91 Å². The summed E-state index contributed by atoms with van der Waals surface area (Å²) in [6.45, 7) is 1.97. The van der Waals surface area contributed by atoms with Gasteiger partial charge in [0.05, 0.1) is 19.3 Å². The molecule has 0 radical (unpaired) electrons. The molecule has 1 aliphatic rings. The van der Waals surface area contributed by atoms with Crippen molar-refractivity contribution in [1.29, 1.82) is 0 Å². The second-order valence-corrected chi connectivity index (χ2v) is 6.51. The Labute approximate surface area is 159 Å². The van der Waals surface area contributed by atoms with Crippen LogP contribution in [0.1, 0.15) is 15.9 Å². The van der Waals surface area contributed by atoms with Crippen LogP contribution in [0, 0.1) is 0 Å². The largest absolute Gasteiger partial charge is 0.445 e. The molecule has 2 amide bonds. The van der Waals surface area contributed by atoms with E-state index in [0.717, 1.165) is 5.56 Å². The van der Waals surface area contributed by atoms with E-state index in [9.17, 15) is 9.59 Å². The van der Waals surface area contributed by atoms with Gasteiger partial charge in [0, 0.05) is 25.7 Å². The van der Waals surface area contributed by atoms with Crippen LogP contribution in [-0.4, -0.2) is 61.2 Å². The number of hydrogen-bond acceptors (Lipinski definition) is 4. The summed E-state index contributed by atoms with van der Waals surface area (Å²) in [7, 11) is 1.67. The highest BCUT2D eigenvalue weighted by Gasteiger charge is 2.30. The quantitative estimate of drug-likeness (QED) is 0.814. The first-order valence-corrected chi connectivity index (χ1v) is 9.00. The van der Waals surface area contributed by atoms with E-state index in [1.54, 1.807) is 24.1 Å². The lowest BCUT2D eigenvalue weighted by atomic mass is 10.1. The summed E-state index contributed by atoms with van der Waals surface area (Å²) in [6.07, 6.45) is -0.420. The van der Waals surface area contributed by atoms with Crippen molar-refractivity contribution >= 4 is 12.0 Å². The molecule has 1 saturated heterocycles. The average molecular weight is 368 g/mol. The van der Waals surface area contributed by atoms with E-state index in [0.29, 0.717) is 31.9 Å². The van der Waals surface area contributed by atoms with Gasteiger partial charge in [0.15, 0.2) is 0 Å². The van der Waals surface area contributed by atoms with E-state index in [2.05, 4.69) is 0 Å². The number of carbonyl (C=O) groups is 2. The van der Waals surface area contributed by atoms with Crippen LogP contribution in [0.25, 0.3) is 0 Å². The zero-order chi connectivity index (χ0) is 19.1. The zero-order valence-electron chi connectivity index (χ0n) is 15.4. The van der Waals surface area contributed by atoms with Gasteiger partial charge < -0.3 is 19.3 Å². The highest BCUT2D eigenvalue weighted by molar-refractivity contribution is 5.94. The summed E-state index contributed by atoms with van der Waals surface area (Å²) in [4.78, 5) is 28.4. The number of hydrogen-bond donors (Lipinski definition) is 0. The molecule has 0 N–H and O–H groups in total. The van der Waals surface area contributed by atoms with Crippen molar-refractivity contribution in [2.75, 3.05) is 33.4 Å². The lowest BCUT2D eigenvalue weighted by Gasteiger charge is -2.37. The molecule has 3 rings (SSSR count). The van der Waals surface area contributed by atoms with Crippen molar-refractivity contribution in [1.82, 2.24) is 9.80 Å². The minimum Gasteiger partial charge on any atom is -0.445 e. The van der Waals surface area contributed by atoms with Crippen LogP contribution in [0.3, 0.4) is 0 Å². The van der Waals surface area contributed by atoms with Crippen LogP contribution >= 0.6 is 0 Å². The Kier molecular flexibility index (Phi) is 6.44. The predicted molar refractivity (Wildman–Crippen MR) is 101 cm³/mol. The highest BCUT2D eigenvalue weighted by atomic mass is 16.6. The van der Waals surface area contributed by atoms with E-state index in [1.807, 2.05) is 48.5 Å². The molecule has 6 heteroatoms. The fourth-order valence-electron chi connectivity index (χ4n) is 3.04. The molecule has 2 aromatic rings. The molecular weight excluding hydrogens is 344 g/mol. The number of nitrogens with zero attached hydrogens (tertiary/aromatic N) is 2. The number of morpholine rings is 1. The Morgan fingerprint density at radius 2 is 1.78 bits per heavy atom. The van der Waals surface area contributed by atoms with Crippen molar-refractivity contribution in [3.63, 3.8) is 0 Å². The van der Waals surface area contributed by atoms with Gasteiger partial charge in [-0.15, -0.1) is 0 Å². The third kappa shape index (κ3) is 5.08. The number of carbonyl (C=O) groups excluding carboxylic acids is 2. The van der Waals surface area contributed by atoms with E-state index in [-0.39, 0.29) is 18.6 Å². The molecular formula is C21H24N2O4. The highest BCUT2D eigenvalue weighted by Crippen LogP contribution is 2.14. The Hall–Kier alpha value is -2.86. The minimum atomic E-state index is -0.420. The smallest absolute Gasteiger partial charge is 0.409 e. The Bertz CT molecular complexity index is 751. The number of ether oxygens (including phenoxy) is 2. The van der Waals surface area contributed by atoms with Crippen molar-refractivity contribution in [3.05, 3.63) is 71.8 Å². The second kappa shape index (κ2) is 9.19. The number of likely N-dealkylation sites (N-methyl/N-ethyl adjacent to an activating group) is 1. The van der Waals surface area contributed by atoms with E-state index < -0.39 is 6.09 Å². The van der Waals surface area contributed by atoms with Gasteiger partial charge >= 0.3 is 6.09 Å². The summed E-state index contributed by atoms with van der Waals surface area (Å²) < 4.78 is 10.9. The van der Waals surface area contributed by atoms with Crippen LogP contribution in [0.4, 0.5) is 4.79 Å². The lowest BCUT2D eigenvalue weighted by Crippen LogP contribution is -2.53. The number of rotatable bonds is 5. The summed E-state index contributed by atoms with van der Waals surface area (Å²) in [5, 5.41) is 0. The molecule has 1 atom stereocenters. The second-order valence-electron chi connectivity index (χ2n) is 6.51. The molecule has 0 aromatic heterocycles. The fraction of sp³-hybridized carbons (Fsp3) is 0.333. The van der Waals surface area contributed by atoms with Crippen molar-refractivity contribution in [2.45, 2.75) is 12.6 Å². The van der Waals surface area contributed by atoms with Gasteiger partial charge in [-0.1, -0.05) is 48.5 Å². The van der Waals surface area contributed by atoms with Gasteiger partial charge in [-0.2, -0.15) is 0 Å². The van der Waals surface area contributed by atoms with Crippen LogP contribution in [-0.2, 0) is 16.1 Å². The van der Waals surface area contributed by atoms with Gasteiger partial charge in [-0.25, -0.2) is 4.79 Å². The van der Waals surface area contributed by atoms with Gasteiger partial charge in [0.1, 0.15) is 6.61 Å². The zero-order valence-corrected chi connectivity index (χ0v) is 15.4. The lowest BCUT2D eigenvalue weighted by molar-refractivity contribution is -0.0106. The first-order chi connectivity index (χ1) is 13.1. The maximum absolute atomic E-state index is 12.8. The summed E-state index contributed by atoms with van der Waals surface area (Å²) >= 11 is 0. The summed E-state index contributed by atoms with van der Waals surface area (Å²) in [5.41, 5.74) is 1.57. The molecule has 0 bridgehead atoms. The van der Waals surface area contributed by atoms with Crippen LogP contribution in [0.15, 0.2) is 60.7 Å². The molecule has 1 unspecified atom stereocenters. The monoisotopic (exact) mass is 368 g/mol. The molecule has 1 fully saturated rings. The predicted octanol–water partition coefficient (Wildman–Crippen LogP) is 2.80. The van der Waals surface area contributed by atoms with E-state index in [4.69, 9.17) is 9.47 Å². The van der Waals surface area contributed by atoms with Gasteiger partial charge in [-0.3, -0.25) is 4.79 Å². The Morgan fingerprint density at radius 1 is 1.11 bits per heavy atom. The standard InChI is InChI=1S/C21H24N2O4/c1-22(21(25)27-15-17-8-4-2-5-9-17)14-19-16-26-13-12-23(19)20(24)18-10-6-3-7-11-18/h2-11,19H,12-16H2,1H3. The first-order valence-electron chi connectivity index (χ1n) is 9.00.